The number of fused-ring (bicyclic) bond motifs is 1. The zero-order valence-electron chi connectivity index (χ0n) is 11.3. The summed E-state index contributed by atoms with van der Waals surface area (Å²) < 4.78 is 42.6. The molecule has 8 heteroatoms. The lowest BCUT2D eigenvalue weighted by atomic mass is 10.1. The Balaban J connectivity index is 2.58. The monoisotopic (exact) mass is 310 g/mol. The molecule has 1 aromatic carbocycles. The van der Waals surface area contributed by atoms with E-state index in [9.17, 15) is 22.8 Å². The van der Waals surface area contributed by atoms with E-state index in [1.54, 1.807) is 6.07 Å². The van der Waals surface area contributed by atoms with E-state index in [0.29, 0.717) is 10.1 Å². The number of hydrogen-bond donors (Lipinski definition) is 0. The Morgan fingerprint density at radius 1 is 1.36 bits per heavy atom. The minimum Gasteiger partial charge on any atom is -0.469 e. The highest BCUT2D eigenvalue weighted by Gasteiger charge is 2.40. The van der Waals surface area contributed by atoms with Crippen LogP contribution in [0.2, 0.25) is 0 Å². The Hall–Kier alpha value is -2.82. The fraction of sp³-hybridized carbons (Fsp3) is 0.214. The SMILES string of the molecule is COC(=O)Cc1ccc2c(c1)c(C#N)cn2C(=O)C(F)(F)F. The summed E-state index contributed by atoms with van der Waals surface area (Å²) in [6.45, 7) is 0. The molecule has 2 aromatic rings. The number of hydrogen-bond acceptors (Lipinski definition) is 4. The highest BCUT2D eigenvalue weighted by Crippen LogP contribution is 2.26. The molecule has 22 heavy (non-hydrogen) atoms. The van der Waals surface area contributed by atoms with Crippen LogP contribution < -0.4 is 0 Å². The lowest BCUT2D eigenvalue weighted by Crippen LogP contribution is -2.28. The molecule has 0 radical (unpaired) electrons. The van der Waals surface area contributed by atoms with Gasteiger partial charge in [-0.3, -0.25) is 14.2 Å². The fourth-order valence-electron chi connectivity index (χ4n) is 2.02. The summed E-state index contributed by atoms with van der Waals surface area (Å²) in [6.07, 6.45) is -4.30. The van der Waals surface area contributed by atoms with E-state index in [0.717, 1.165) is 6.20 Å². The predicted molar refractivity (Wildman–Crippen MR) is 69.1 cm³/mol. The van der Waals surface area contributed by atoms with Gasteiger partial charge in [0.1, 0.15) is 6.07 Å². The third-order valence-electron chi connectivity index (χ3n) is 3.03. The van der Waals surface area contributed by atoms with Crippen LogP contribution in [0, 0.1) is 11.3 Å². The van der Waals surface area contributed by atoms with Crippen molar-refractivity contribution in [2.75, 3.05) is 7.11 Å². The van der Waals surface area contributed by atoms with Gasteiger partial charge in [-0.15, -0.1) is 0 Å². The lowest BCUT2D eigenvalue weighted by Gasteiger charge is -2.07. The number of alkyl halides is 3. The van der Waals surface area contributed by atoms with E-state index in [1.807, 2.05) is 0 Å². The van der Waals surface area contributed by atoms with Crippen LogP contribution in [-0.4, -0.2) is 29.7 Å². The number of nitrogens with zero attached hydrogens (tertiary/aromatic N) is 2. The number of nitriles is 1. The smallest absolute Gasteiger partial charge is 0.469 e. The summed E-state index contributed by atoms with van der Waals surface area (Å²) in [5.41, 5.74) is 0.333. The topological polar surface area (TPSA) is 72.1 Å². The molecule has 0 atom stereocenters. The molecule has 1 heterocycles. The van der Waals surface area contributed by atoms with Crippen LogP contribution in [0.3, 0.4) is 0 Å². The van der Waals surface area contributed by atoms with Crippen molar-refractivity contribution in [3.05, 3.63) is 35.5 Å². The Kier molecular flexibility index (Phi) is 3.91. The van der Waals surface area contributed by atoms with Gasteiger partial charge in [-0.25, -0.2) is 0 Å². The number of ether oxygens (including phenoxy) is 1. The quantitative estimate of drug-likeness (QED) is 0.799. The molecule has 5 nitrogen and oxygen atoms in total. The van der Waals surface area contributed by atoms with Gasteiger partial charge in [0.05, 0.1) is 24.6 Å². The zero-order chi connectivity index (χ0) is 16.5. The Labute approximate surface area is 122 Å². The highest BCUT2D eigenvalue weighted by molar-refractivity contribution is 5.98. The van der Waals surface area contributed by atoms with Crippen LogP contribution in [0.1, 0.15) is 15.9 Å². The van der Waals surface area contributed by atoms with Crippen LogP contribution in [-0.2, 0) is 16.0 Å². The molecule has 0 unspecified atom stereocenters. The summed E-state index contributed by atoms with van der Waals surface area (Å²) >= 11 is 0. The second-order valence-corrected chi connectivity index (χ2v) is 4.43. The van der Waals surface area contributed by atoms with Gasteiger partial charge >= 0.3 is 18.1 Å². The van der Waals surface area contributed by atoms with Gasteiger partial charge in [-0.1, -0.05) is 6.07 Å². The molecule has 0 amide bonds. The number of carbonyl (C=O) groups excluding carboxylic acids is 2. The minimum atomic E-state index is -5.05. The van der Waals surface area contributed by atoms with Gasteiger partial charge in [0, 0.05) is 11.6 Å². The second-order valence-electron chi connectivity index (χ2n) is 4.43. The Morgan fingerprint density at radius 2 is 2.05 bits per heavy atom. The fourth-order valence-corrected chi connectivity index (χ4v) is 2.02. The number of halogens is 3. The van der Waals surface area contributed by atoms with E-state index in [-0.39, 0.29) is 22.9 Å². The molecule has 0 spiro atoms. The average Bonchev–Trinajstić information content (AvgIpc) is 2.83. The van der Waals surface area contributed by atoms with Crippen molar-refractivity contribution < 1.29 is 27.5 Å². The van der Waals surface area contributed by atoms with E-state index in [2.05, 4.69) is 4.74 Å². The zero-order valence-corrected chi connectivity index (χ0v) is 11.3. The van der Waals surface area contributed by atoms with Crippen LogP contribution in [0.25, 0.3) is 10.9 Å². The molecular formula is C14H9F3N2O3. The van der Waals surface area contributed by atoms with Crippen molar-refractivity contribution in [2.24, 2.45) is 0 Å². The molecule has 114 valence electrons. The van der Waals surface area contributed by atoms with Crippen molar-refractivity contribution in [1.82, 2.24) is 4.57 Å². The van der Waals surface area contributed by atoms with E-state index in [4.69, 9.17) is 5.26 Å². The molecule has 2 rings (SSSR count). The van der Waals surface area contributed by atoms with Crippen LogP contribution in [0.15, 0.2) is 24.4 Å². The summed E-state index contributed by atoms with van der Waals surface area (Å²) in [7, 11) is 1.21. The molecule has 0 bridgehead atoms. The molecule has 0 fully saturated rings. The van der Waals surface area contributed by atoms with Crippen molar-refractivity contribution >= 4 is 22.8 Å². The van der Waals surface area contributed by atoms with E-state index < -0.39 is 18.1 Å². The Bertz CT molecular complexity index is 800. The van der Waals surface area contributed by atoms with Gasteiger partial charge in [0.25, 0.3) is 0 Å². The van der Waals surface area contributed by atoms with Crippen molar-refractivity contribution in [2.45, 2.75) is 12.6 Å². The van der Waals surface area contributed by atoms with Gasteiger partial charge in [-0.2, -0.15) is 18.4 Å². The molecule has 0 aliphatic rings. The standard InChI is InChI=1S/C14H9F3N2O3/c1-22-12(20)5-8-2-3-11-10(4-8)9(6-18)7-19(11)13(21)14(15,16)17/h2-4,7H,5H2,1H3. The van der Waals surface area contributed by atoms with Gasteiger partial charge in [0.2, 0.25) is 0 Å². The molecule has 0 aliphatic heterocycles. The number of aromatic nitrogens is 1. The predicted octanol–water partition coefficient (Wildman–Crippen LogP) is 2.43. The summed E-state index contributed by atoms with van der Waals surface area (Å²) in [4.78, 5) is 22.6. The average molecular weight is 310 g/mol. The first-order valence-electron chi connectivity index (χ1n) is 6.00. The molecule has 0 aliphatic carbocycles. The van der Waals surface area contributed by atoms with Crippen LogP contribution >= 0.6 is 0 Å². The molecule has 1 aromatic heterocycles. The lowest BCUT2D eigenvalue weighted by molar-refractivity contribution is -0.139. The van der Waals surface area contributed by atoms with Gasteiger partial charge in [0.15, 0.2) is 0 Å². The van der Waals surface area contributed by atoms with Crippen LogP contribution in [0.5, 0.6) is 0 Å². The Morgan fingerprint density at radius 3 is 2.59 bits per heavy atom. The number of carbonyl (C=O) groups is 2. The maximum absolute atomic E-state index is 12.6. The van der Waals surface area contributed by atoms with E-state index >= 15 is 0 Å². The van der Waals surface area contributed by atoms with Crippen LogP contribution in [0.4, 0.5) is 13.2 Å². The minimum absolute atomic E-state index is 0.0486. The van der Waals surface area contributed by atoms with E-state index in [1.165, 1.54) is 25.3 Å². The number of rotatable bonds is 2. The van der Waals surface area contributed by atoms with Crippen molar-refractivity contribution in [3.63, 3.8) is 0 Å². The molecule has 0 saturated heterocycles. The third kappa shape index (κ3) is 2.79. The summed E-state index contributed by atoms with van der Waals surface area (Å²) in [5, 5.41) is 9.17. The van der Waals surface area contributed by atoms with Gasteiger partial charge in [-0.05, 0) is 17.7 Å². The van der Waals surface area contributed by atoms with Gasteiger partial charge < -0.3 is 4.74 Å². The first kappa shape index (κ1) is 15.6. The number of methoxy groups -OCH3 is 1. The van der Waals surface area contributed by atoms with Crippen molar-refractivity contribution in [3.8, 4) is 6.07 Å². The maximum Gasteiger partial charge on any atom is 0.472 e. The maximum atomic E-state index is 12.6. The molecule has 0 saturated carbocycles. The normalized spacial score (nSPS) is 11.2. The largest absolute Gasteiger partial charge is 0.472 e. The molecule has 0 N–H and O–H groups in total. The number of esters is 1. The first-order chi connectivity index (χ1) is 10.3. The number of benzene rings is 1. The second kappa shape index (κ2) is 5.52. The third-order valence-corrected chi connectivity index (χ3v) is 3.03. The summed E-state index contributed by atoms with van der Waals surface area (Å²) in [5.74, 6) is -2.61. The first-order valence-corrected chi connectivity index (χ1v) is 6.00. The van der Waals surface area contributed by atoms with Crippen molar-refractivity contribution in [1.29, 1.82) is 5.26 Å². The summed E-state index contributed by atoms with van der Waals surface area (Å²) in [6, 6.07) is 5.79. The highest BCUT2D eigenvalue weighted by atomic mass is 19.4. The molecular weight excluding hydrogens is 301 g/mol.